The summed E-state index contributed by atoms with van der Waals surface area (Å²) in [7, 11) is 0. The number of hydrogen-bond acceptors (Lipinski definition) is 5. The predicted molar refractivity (Wildman–Crippen MR) is 164 cm³/mol. The first-order chi connectivity index (χ1) is 19.1. The van der Waals surface area contributed by atoms with Gasteiger partial charge in [0.05, 0.1) is 12.0 Å². The topological polar surface area (TPSA) is 108 Å². The lowest BCUT2D eigenvalue weighted by molar-refractivity contribution is -0.167. The molecule has 0 bridgehead atoms. The van der Waals surface area contributed by atoms with Crippen LogP contribution in [0, 0.1) is 52.3 Å². The molecule has 40 heavy (non-hydrogen) atoms. The van der Waals surface area contributed by atoms with Gasteiger partial charge in [0.1, 0.15) is 0 Å². The van der Waals surface area contributed by atoms with Gasteiger partial charge in [-0.3, -0.25) is 4.79 Å². The number of nitrogens with one attached hydrogen (secondary N) is 2. The monoisotopic (exact) mass is 561 g/mol. The molecule has 0 aromatic heterocycles. The van der Waals surface area contributed by atoms with Crippen molar-refractivity contribution in [2.45, 2.75) is 130 Å². The first kappa shape index (κ1) is 32.2. The van der Waals surface area contributed by atoms with E-state index in [1.54, 1.807) is 0 Å². The average Bonchev–Trinajstić information content (AvgIpc) is 3.27. The molecule has 6 nitrogen and oxygen atoms in total. The molecule has 4 rings (SSSR count). The van der Waals surface area contributed by atoms with E-state index in [-0.39, 0.29) is 12.0 Å². The standard InChI is InChI=1S/C34H63N3O3/c1-23(9-7-10-24(2)32(39)40)27-11-12-28-31-29(14-16-34(27,28)4)33(3)15-13-26(21-25(33)22-30(31)38)37-20-8-19-36-18-6-5-17-35/h23-31,36-38H,5-22,35H2,1-4H3,(H,39,40)/t23-,24+,25+,26-,27-,28?,29?,30-,31?,33+,34-/m1/s1. The minimum Gasteiger partial charge on any atom is -0.481 e. The van der Waals surface area contributed by atoms with Gasteiger partial charge in [-0.2, -0.15) is 0 Å². The van der Waals surface area contributed by atoms with E-state index in [9.17, 15) is 15.0 Å². The van der Waals surface area contributed by atoms with Crippen LogP contribution in [0.15, 0.2) is 0 Å². The van der Waals surface area contributed by atoms with Crippen molar-refractivity contribution >= 4 is 5.97 Å². The van der Waals surface area contributed by atoms with Gasteiger partial charge in [-0.05, 0) is 150 Å². The first-order valence-electron chi connectivity index (χ1n) is 17.2. The summed E-state index contributed by atoms with van der Waals surface area (Å²) in [5.41, 5.74) is 6.29. The third-order valence-corrected chi connectivity index (χ3v) is 12.9. The maximum atomic E-state index is 11.7. The molecule has 232 valence electrons. The summed E-state index contributed by atoms with van der Waals surface area (Å²) >= 11 is 0. The van der Waals surface area contributed by atoms with Gasteiger partial charge in [-0.1, -0.05) is 40.5 Å². The largest absolute Gasteiger partial charge is 0.481 e. The van der Waals surface area contributed by atoms with Crippen LogP contribution in [-0.4, -0.2) is 54.5 Å². The molecule has 4 saturated carbocycles. The second-order valence-electron chi connectivity index (χ2n) is 15.2. The van der Waals surface area contributed by atoms with Gasteiger partial charge in [0.15, 0.2) is 0 Å². The van der Waals surface area contributed by atoms with Crippen LogP contribution in [0.3, 0.4) is 0 Å². The summed E-state index contributed by atoms with van der Waals surface area (Å²) in [5, 5.41) is 28.4. The number of hydrogen-bond donors (Lipinski definition) is 5. The molecule has 0 heterocycles. The summed E-state index contributed by atoms with van der Waals surface area (Å²) in [6, 6.07) is 0.605. The van der Waals surface area contributed by atoms with Crippen molar-refractivity contribution in [3.8, 4) is 0 Å². The Morgan fingerprint density at radius 3 is 2.38 bits per heavy atom. The molecule has 0 radical (unpaired) electrons. The summed E-state index contributed by atoms with van der Waals surface area (Å²) < 4.78 is 0. The third-order valence-electron chi connectivity index (χ3n) is 12.9. The third kappa shape index (κ3) is 6.92. The number of aliphatic carboxylic acids is 1. The minimum atomic E-state index is -0.663. The Morgan fingerprint density at radius 2 is 1.62 bits per heavy atom. The number of aliphatic hydroxyl groups is 1. The Balaban J connectivity index is 1.29. The zero-order chi connectivity index (χ0) is 28.9. The molecule has 0 saturated heterocycles. The molecule has 0 aliphatic heterocycles. The zero-order valence-corrected chi connectivity index (χ0v) is 26.3. The second-order valence-corrected chi connectivity index (χ2v) is 15.2. The summed E-state index contributed by atoms with van der Waals surface area (Å²) in [5.74, 6) is 2.88. The van der Waals surface area contributed by atoms with Gasteiger partial charge in [0.2, 0.25) is 0 Å². The van der Waals surface area contributed by atoms with E-state index in [0.717, 1.165) is 58.3 Å². The first-order valence-corrected chi connectivity index (χ1v) is 17.2. The van der Waals surface area contributed by atoms with Crippen molar-refractivity contribution in [3.63, 3.8) is 0 Å². The van der Waals surface area contributed by atoms with E-state index in [1.807, 2.05) is 6.92 Å². The number of nitrogens with two attached hydrogens (primary N) is 1. The van der Waals surface area contributed by atoms with Crippen LogP contribution < -0.4 is 16.4 Å². The highest BCUT2D eigenvalue weighted by atomic mass is 16.4. The Kier molecular flexibility index (Phi) is 11.4. The van der Waals surface area contributed by atoms with Crippen molar-refractivity contribution in [1.82, 2.24) is 10.6 Å². The normalized spacial score (nSPS) is 40.6. The summed E-state index contributed by atoms with van der Waals surface area (Å²) in [6.45, 7) is 13.5. The van der Waals surface area contributed by atoms with Crippen LogP contribution >= 0.6 is 0 Å². The van der Waals surface area contributed by atoms with Gasteiger partial charge in [0, 0.05) is 6.04 Å². The number of carbonyl (C=O) groups is 1. The van der Waals surface area contributed by atoms with Gasteiger partial charge >= 0.3 is 5.97 Å². The molecular formula is C34H63N3O3. The molecule has 6 N–H and O–H groups in total. The zero-order valence-electron chi connectivity index (χ0n) is 26.3. The molecule has 0 aromatic carbocycles. The predicted octanol–water partition coefficient (Wildman–Crippen LogP) is 5.82. The van der Waals surface area contributed by atoms with Crippen LogP contribution in [0.5, 0.6) is 0 Å². The lowest BCUT2D eigenvalue weighted by atomic mass is 9.43. The number of fused-ring (bicyclic) bond motifs is 5. The molecule has 4 aliphatic rings. The summed E-state index contributed by atoms with van der Waals surface area (Å²) in [4.78, 5) is 11.3. The minimum absolute atomic E-state index is 0.144. The molecule has 0 spiro atoms. The molecule has 6 heteroatoms. The fraction of sp³-hybridized carbons (Fsp3) is 0.971. The van der Waals surface area contributed by atoms with E-state index in [2.05, 4.69) is 31.4 Å². The Hall–Kier alpha value is -0.690. The second kappa shape index (κ2) is 14.2. The fourth-order valence-corrected chi connectivity index (χ4v) is 10.5. The van der Waals surface area contributed by atoms with Crippen LogP contribution in [0.25, 0.3) is 0 Å². The van der Waals surface area contributed by atoms with Crippen molar-refractivity contribution in [1.29, 1.82) is 0 Å². The van der Waals surface area contributed by atoms with E-state index >= 15 is 0 Å². The quantitative estimate of drug-likeness (QED) is 0.161. The van der Waals surface area contributed by atoms with Crippen LogP contribution in [-0.2, 0) is 4.79 Å². The maximum Gasteiger partial charge on any atom is 0.306 e. The lowest BCUT2D eigenvalue weighted by Crippen LogP contribution is -2.59. The Morgan fingerprint density at radius 1 is 0.900 bits per heavy atom. The van der Waals surface area contributed by atoms with Gasteiger partial charge in [-0.15, -0.1) is 0 Å². The number of aliphatic hydroxyl groups excluding tert-OH is 1. The fourth-order valence-electron chi connectivity index (χ4n) is 10.5. The number of unbranched alkanes of at least 4 members (excludes halogenated alkanes) is 1. The molecular weight excluding hydrogens is 498 g/mol. The molecule has 0 aromatic rings. The molecule has 4 fully saturated rings. The molecule has 4 aliphatic carbocycles. The highest BCUT2D eigenvalue weighted by Crippen LogP contribution is 2.68. The van der Waals surface area contributed by atoms with Gasteiger partial charge in [0.25, 0.3) is 0 Å². The smallest absolute Gasteiger partial charge is 0.306 e. The maximum absolute atomic E-state index is 11.7. The van der Waals surface area contributed by atoms with E-state index < -0.39 is 5.97 Å². The van der Waals surface area contributed by atoms with E-state index in [1.165, 1.54) is 57.8 Å². The van der Waals surface area contributed by atoms with Crippen LogP contribution in [0.2, 0.25) is 0 Å². The highest BCUT2D eigenvalue weighted by Gasteiger charge is 2.62. The molecule has 3 unspecified atom stereocenters. The van der Waals surface area contributed by atoms with Crippen molar-refractivity contribution in [2.75, 3.05) is 26.2 Å². The SMILES string of the molecule is C[C@H](CCC[C@H](C)C(=O)O)[C@H]1CCC2C3C(CC[C@@]21C)[C@@]1(C)CC[C@@H](NCCCNCCCCN)C[C@H]1C[C@H]3O. The van der Waals surface area contributed by atoms with Crippen LogP contribution in [0.1, 0.15) is 118 Å². The van der Waals surface area contributed by atoms with Gasteiger partial charge in [-0.25, -0.2) is 0 Å². The van der Waals surface area contributed by atoms with E-state index in [4.69, 9.17) is 5.73 Å². The van der Waals surface area contributed by atoms with E-state index in [0.29, 0.717) is 52.4 Å². The van der Waals surface area contributed by atoms with Crippen molar-refractivity contribution in [3.05, 3.63) is 0 Å². The average molecular weight is 562 g/mol. The Labute approximate surface area is 245 Å². The van der Waals surface area contributed by atoms with Crippen LogP contribution in [0.4, 0.5) is 0 Å². The molecule has 11 atom stereocenters. The van der Waals surface area contributed by atoms with Crippen molar-refractivity contribution in [2.24, 2.45) is 58.0 Å². The number of carboxylic acids is 1. The van der Waals surface area contributed by atoms with Gasteiger partial charge < -0.3 is 26.6 Å². The summed E-state index contributed by atoms with van der Waals surface area (Å²) in [6.07, 6.45) is 16.2. The Bertz CT molecular complexity index is 809. The number of carboxylic acid groups (broad SMARTS) is 1. The molecule has 0 amide bonds. The lowest BCUT2D eigenvalue weighted by Gasteiger charge is -2.62. The highest BCUT2D eigenvalue weighted by molar-refractivity contribution is 5.69. The number of rotatable bonds is 15. The van der Waals surface area contributed by atoms with Crippen molar-refractivity contribution < 1.29 is 15.0 Å².